The number of aromatic carboxylic acids is 1. The van der Waals surface area contributed by atoms with Gasteiger partial charge in [0.2, 0.25) is 0 Å². The van der Waals surface area contributed by atoms with Crippen LogP contribution in [0.2, 0.25) is 0 Å². The third kappa shape index (κ3) is 4.25. The first kappa shape index (κ1) is 21.3. The lowest BCUT2D eigenvalue weighted by atomic mass is 10.0. The molecule has 2 aromatic heterocycles. The fourth-order valence-corrected chi connectivity index (χ4v) is 3.32. The standard InChI is InChI=1S/C21H24FN5O3/c1-4-27-19(14(9-24-3)11-26-27)13-7-18(20(23)25-10-13)30-12(2)16-6-5-15(22)8-17(16)21(28)29/h5-8,10-12,24H,4,9H2,1-3H3,(H2,23,25)(H,28,29). The first-order chi connectivity index (χ1) is 14.3. The molecule has 9 heteroatoms. The van der Waals surface area contributed by atoms with Gasteiger partial charge in [-0.1, -0.05) is 6.07 Å². The molecule has 4 N–H and O–H groups in total. The number of nitrogen functional groups attached to an aromatic ring is 1. The van der Waals surface area contributed by atoms with E-state index in [1.165, 1.54) is 12.1 Å². The molecule has 0 aliphatic carbocycles. The van der Waals surface area contributed by atoms with E-state index in [2.05, 4.69) is 15.4 Å². The van der Waals surface area contributed by atoms with Gasteiger partial charge >= 0.3 is 5.97 Å². The summed E-state index contributed by atoms with van der Waals surface area (Å²) in [5, 5.41) is 16.9. The maximum atomic E-state index is 13.5. The predicted molar refractivity (Wildman–Crippen MR) is 111 cm³/mol. The zero-order valence-electron chi connectivity index (χ0n) is 17.0. The van der Waals surface area contributed by atoms with Gasteiger partial charge in [-0.15, -0.1) is 0 Å². The van der Waals surface area contributed by atoms with Crippen LogP contribution in [-0.4, -0.2) is 32.9 Å². The number of nitrogens with zero attached hydrogens (tertiary/aromatic N) is 3. The van der Waals surface area contributed by atoms with E-state index in [4.69, 9.17) is 10.5 Å². The Morgan fingerprint density at radius 1 is 1.37 bits per heavy atom. The highest BCUT2D eigenvalue weighted by Crippen LogP contribution is 2.33. The van der Waals surface area contributed by atoms with Crippen molar-refractivity contribution < 1.29 is 19.0 Å². The number of rotatable bonds is 8. The van der Waals surface area contributed by atoms with E-state index >= 15 is 0 Å². The van der Waals surface area contributed by atoms with Gasteiger partial charge in [-0.25, -0.2) is 14.2 Å². The number of ether oxygens (including phenoxy) is 1. The Kier molecular flexibility index (Phi) is 6.31. The number of hydrogen-bond donors (Lipinski definition) is 3. The van der Waals surface area contributed by atoms with Gasteiger partial charge in [0.15, 0.2) is 11.6 Å². The van der Waals surface area contributed by atoms with Crippen LogP contribution in [0.5, 0.6) is 5.75 Å². The van der Waals surface area contributed by atoms with Crippen molar-refractivity contribution in [2.75, 3.05) is 12.8 Å². The molecule has 8 nitrogen and oxygen atoms in total. The first-order valence-corrected chi connectivity index (χ1v) is 9.50. The Morgan fingerprint density at radius 2 is 2.13 bits per heavy atom. The van der Waals surface area contributed by atoms with Crippen molar-refractivity contribution in [3.8, 4) is 17.0 Å². The predicted octanol–water partition coefficient (Wildman–Crippen LogP) is 3.24. The summed E-state index contributed by atoms with van der Waals surface area (Å²) in [6.07, 6.45) is 2.76. The number of aromatic nitrogens is 3. The molecule has 2 heterocycles. The maximum absolute atomic E-state index is 13.5. The smallest absolute Gasteiger partial charge is 0.336 e. The van der Waals surface area contributed by atoms with Crippen LogP contribution < -0.4 is 15.8 Å². The Bertz CT molecular complexity index is 1070. The lowest BCUT2D eigenvalue weighted by Gasteiger charge is -2.19. The van der Waals surface area contributed by atoms with E-state index < -0.39 is 17.9 Å². The Labute approximate surface area is 173 Å². The van der Waals surface area contributed by atoms with Gasteiger partial charge in [-0.3, -0.25) is 4.68 Å². The SMILES string of the molecule is CCn1ncc(CNC)c1-c1cnc(N)c(OC(C)c2ccc(F)cc2C(=O)O)c1. The van der Waals surface area contributed by atoms with Gasteiger partial charge in [0, 0.05) is 36.0 Å². The van der Waals surface area contributed by atoms with Crippen molar-refractivity contribution >= 4 is 11.8 Å². The van der Waals surface area contributed by atoms with E-state index in [-0.39, 0.29) is 11.4 Å². The maximum Gasteiger partial charge on any atom is 0.336 e. The molecule has 0 aliphatic heterocycles. The number of nitrogens with one attached hydrogen (secondary N) is 1. The number of nitrogens with two attached hydrogens (primary N) is 1. The number of benzene rings is 1. The number of carboxylic acids is 1. The van der Waals surface area contributed by atoms with E-state index in [0.717, 1.165) is 22.9 Å². The van der Waals surface area contributed by atoms with E-state index in [1.54, 1.807) is 25.4 Å². The Balaban J connectivity index is 1.98. The van der Waals surface area contributed by atoms with Crippen LogP contribution >= 0.6 is 0 Å². The molecule has 1 aromatic carbocycles. The molecular formula is C21H24FN5O3. The van der Waals surface area contributed by atoms with Crippen molar-refractivity contribution in [2.24, 2.45) is 0 Å². The average molecular weight is 413 g/mol. The summed E-state index contributed by atoms with van der Waals surface area (Å²) < 4.78 is 21.3. The lowest BCUT2D eigenvalue weighted by molar-refractivity contribution is 0.0691. The molecular weight excluding hydrogens is 389 g/mol. The van der Waals surface area contributed by atoms with Crippen LogP contribution in [0.3, 0.4) is 0 Å². The third-order valence-electron chi connectivity index (χ3n) is 4.72. The zero-order chi connectivity index (χ0) is 21.8. The number of hydrogen-bond acceptors (Lipinski definition) is 6. The van der Waals surface area contributed by atoms with Gasteiger partial charge in [0.05, 0.1) is 17.5 Å². The number of carboxylic acid groups (broad SMARTS) is 1. The number of anilines is 1. The number of carbonyl (C=O) groups is 1. The Hall–Kier alpha value is -3.46. The summed E-state index contributed by atoms with van der Waals surface area (Å²) in [5.41, 5.74) is 8.85. The molecule has 0 fully saturated rings. The Morgan fingerprint density at radius 3 is 2.80 bits per heavy atom. The molecule has 0 saturated carbocycles. The molecule has 0 spiro atoms. The molecule has 3 rings (SSSR count). The van der Waals surface area contributed by atoms with Crippen LogP contribution in [0.1, 0.15) is 41.4 Å². The van der Waals surface area contributed by atoms with Crippen molar-refractivity contribution in [2.45, 2.75) is 33.0 Å². The highest BCUT2D eigenvalue weighted by atomic mass is 19.1. The molecule has 1 unspecified atom stereocenters. The second-order valence-corrected chi connectivity index (χ2v) is 6.77. The van der Waals surface area contributed by atoms with Crippen LogP contribution in [0.4, 0.5) is 10.2 Å². The van der Waals surface area contributed by atoms with Crippen molar-refractivity contribution in [3.63, 3.8) is 0 Å². The van der Waals surface area contributed by atoms with Gasteiger partial charge in [0.1, 0.15) is 11.9 Å². The molecule has 0 amide bonds. The van der Waals surface area contributed by atoms with Gasteiger partial charge in [0.25, 0.3) is 0 Å². The minimum absolute atomic E-state index is 0.162. The molecule has 0 bridgehead atoms. The van der Waals surface area contributed by atoms with Crippen LogP contribution in [0.25, 0.3) is 11.3 Å². The lowest BCUT2D eigenvalue weighted by Crippen LogP contribution is -2.12. The molecule has 0 aliphatic rings. The quantitative estimate of drug-likeness (QED) is 0.519. The highest BCUT2D eigenvalue weighted by Gasteiger charge is 2.20. The zero-order valence-corrected chi connectivity index (χ0v) is 17.0. The van der Waals surface area contributed by atoms with Crippen LogP contribution in [0.15, 0.2) is 36.7 Å². The van der Waals surface area contributed by atoms with E-state index in [9.17, 15) is 14.3 Å². The summed E-state index contributed by atoms with van der Waals surface area (Å²) in [6, 6.07) is 5.32. The molecule has 30 heavy (non-hydrogen) atoms. The van der Waals surface area contributed by atoms with E-state index in [0.29, 0.717) is 24.4 Å². The van der Waals surface area contributed by atoms with Crippen molar-refractivity contribution in [1.82, 2.24) is 20.1 Å². The molecule has 158 valence electrons. The number of halogens is 1. The van der Waals surface area contributed by atoms with E-state index in [1.807, 2.05) is 18.7 Å². The summed E-state index contributed by atoms with van der Waals surface area (Å²) >= 11 is 0. The topological polar surface area (TPSA) is 115 Å². The van der Waals surface area contributed by atoms with Gasteiger partial charge in [-0.2, -0.15) is 5.10 Å². The second kappa shape index (κ2) is 8.91. The van der Waals surface area contributed by atoms with Crippen LogP contribution in [-0.2, 0) is 13.1 Å². The summed E-state index contributed by atoms with van der Waals surface area (Å²) in [5.74, 6) is -1.39. The molecule has 3 aromatic rings. The van der Waals surface area contributed by atoms with Crippen molar-refractivity contribution in [1.29, 1.82) is 0 Å². The van der Waals surface area contributed by atoms with Gasteiger partial charge in [-0.05, 0) is 39.1 Å². The van der Waals surface area contributed by atoms with Crippen LogP contribution in [0, 0.1) is 5.82 Å². The average Bonchev–Trinajstić information content (AvgIpc) is 3.12. The first-order valence-electron chi connectivity index (χ1n) is 9.50. The monoisotopic (exact) mass is 413 g/mol. The molecule has 0 saturated heterocycles. The summed E-state index contributed by atoms with van der Waals surface area (Å²) in [6.45, 7) is 4.97. The molecule has 0 radical (unpaired) electrons. The number of pyridine rings is 1. The summed E-state index contributed by atoms with van der Waals surface area (Å²) in [7, 11) is 1.85. The normalized spacial score (nSPS) is 12.0. The fraction of sp³-hybridized carbons (Fsp3) is 0.286. The largest absolute Gasteiger partial charge is 0.482 e. The van der Waals surface area contributed by atoms with Crippen molar-refractivity contribution in [3.05, 3.63) is 59.2 Å². The minimum atomic E-state index is -1.23. The fourth-order valence-electron chi connectivity index (χ4n) is 3.32. The molecule has 1 atom stereocenters. The second-order valence-electron chi connectivity index (χ2n) is 6.77. The van der Waals surface area contributed by atoms with Gasteiger partial charge < -0.3 is 20.9 Å². The third-order valence-corrected chi connectivity index (χ3v) is 4.72. The number of aryl methyl sites for hydroxylation is 1. The minimum Gasteiger partial charge on any atom is -0.482 e. The highest BCUT2D eigenvalue weighted by molar-refractivity contribution is 5.89. The summed E-state index contributed by atoms with van der Waals surface area (Å²) in [4.78, 5) is 15.7.